The van der Waals surface area contributed by atoms with Crippen LogP contribution in [0.4, 0.5) is 0 Å². The zero-order valence-corrected chi connectivity index (χ0v) is 13.4. The molecular weight excluding hydrogens is 236 g/mol. The highest BCUT2D eigenvalue weighted by molar-refractivity contribution is 6.87. The summed E-state index contributed by atoms with van der Waals surface area (Å²) in [7, 11) is -1.46. The maximum atomic E-state index is 12.3. The molecule has 0 radical (unpaired) electrons. The fraction of sp³-hybridized carbons (Fsp3) is 0.688. The maximum Gasteiger partial charge on any atom is 0.159 e. The van der Waals surface area contributed by atoms with Crippen LogP contribution in [0.2, 0.25) is 19.6 Å². The minimum Gasteiger partial charge on any atom is -0.295 e. The smallest absolute Gasteiger partial charge is 0.159 e. The summed E-state index contributed by atoms with van der Waals surface area (Å²) in [6, 6.07) is 0. The van der Waals surface area contributed by atoms with Gasteiger partial charge in [0.05, 0.1) is 8.07 Å². The summed E-state index contributed by atoms with van der Waals surface area (Å²) < 4.78 is 0. The lowest BCUT2D eigenvalue weighted by Crippen LogP contribution is -2.28. The van der Waals surface area contributed by atoms with E-state index in [9.17, 15) is 4.79 Å². The zero-order valence-electron chi connectivity index (χ0n) is 12.4. The Morgan fingerprint density at radius 3 is 2.44 bits per heavy atom. The van der Waals surface area contributed by atoms with Crippen molar-refractivity contribution in [3.8, 4) is 0 Å². The normalized spacial score (nSPS) is 20.8. The molecule has 18 heavy (non-hydrogen) atoms. The molecule has 0 atom stereocenters. The molecule has 0 fully saturated rings. The molecule has 0 amide bonds. The predicted molar refractivity (Wildman–Crippen MR) is 80.4 cm³/mol. The topological polar surface area (TPSA) is 17.1 Å². The summed E-state index contributed by atoms with van der Waals surface area (Å²) in [5, 5.41) is 1.27. The summed E-state index contributed by atoms with van der Waals surface area (Å²) in [5.41, 5.74) is 4.56. The van der Waals surface area contributed by atoms with E-state index in [0.29, 0.717) is 5.78 Å². The second-order valence-electron chi connectivity index (χ2n) is 6.74. The third-order valence-electron chi connectivity index (χ3n) is 4.20. The van der Waals surface area contributed by atoms with Crippen LogP contribution in [0, 0.1) is 0 Å². The SMILES string of the molecule is CCCCC1=C2CC(=O)C([Si](C)(C)C)=C2CCC1. The van der Waals surface area contributed by atoms with Gasteiger partial charge in [-0.1, -0.05) is 38.6 Å². The molecule has 0 N–H and O–H groups in total. The van der Waals surface area contributed by atoms with E-state index in [0.717, 1.165) is 12.8 Å². The molecule has 0 aromatic rings. The van der Waals surface area contributed by atoms with E-state index in [1.165, 1.54) is 48.4 Å². The Hall–Kier alpha value is -0.633. The Morgan fingerprint density at radius 1 is 1.11 bits per heavy atom. The number of ketones is 1. The quantitative estimate of drug-likeness (QED) is 0.665. The molecule has 2 aliphatic rings. The molecule has 0 saturated heterocycles. The maximum absolute atomic E-state index is 12.3. The first kappa shape index (κ1) is 13.8. The molecule has 0 bridgehead atoms. The van der Waals surface area contributed by atoms with Crippen molar-refractivity contribution in [2.75, 3.05) is 0 Å². The fourth-order valence-corrected chi connectivity index (χ4v) is 5.56. The van der Waals surface area contributed by atoms with Gasteiger partial charge in [0.1, 0.15) is 0 Å². The van der Waals surface area contributed by atoms with Crippen molar-refractivity contribution in [3.05, 3.63) is 21.9 Å². The average molecular weight is 262 g/mol. The van der Waals surface area contributed by atoms with E-state index in [4.69, 9.17) is 0 Å². The van der Waals surface area contributed by atoms with E-state index in [1.807, 2.05) is 0 Å². The number of carbonyl (C=O) groups is 1. The van der Waals surface area contributed by atoms with Crippen LogP contribution in [0.15, 0.2) is 21.9 Å². The van der Waals surface area contributed by atoms with E-state index in [2.05, 4.69) is 26.6 Å². The van der Waals surface area contributed by atoms with Crippen LogP contribution in [-0.2, 0) is 4.79 Å². The van der Waals surface area contributed by atoms with Crippen LogP contribution in [0.25, 0.3) is 0 Å². The van der Waals surface area contributed by atoms with Crippen molar-refractivity contribution >= 4 is 13.9 Å². The molecule has 0 spiro atoms. The molecule has 2 rings (SSSR count). The van der Waals surface area contributed by atoms with Gasteiger partial charge >= 0.3 is 0 Å². The third kappa shape index (κ3) is 2.54. The largest absolute Gasteiger partial charge is 0.295 e. The molecule has 0 aromatic heterocycles. The van der Waals surface area contributed by atoms with E-state index < -0.39 is 8.07 Å². The van der Waals surface area contributed by atoms with E-state index in [1.54, 1.807) is 5.57 Å². The molecular formula is C16H26OSi. The van der Waals surface area contributed by atoms with E-state index in [-0.39, 0.29) is 0 Å². The van der Waals surface area contributed by atoms with Gasteiger partial charge in [0.2, 0.25) is 0 Å². The van der Waals surface area contributed by atoms with Gasteiger partial charge in [-0.05, 0) is 48.4 Å². The van der Waals surface area contributed by atoms with Crippen LogP contribution in [0.3, 0.4) is 0 Å². The highest BCUT2D eigenvalue weighted by Crippen LogP contribution is 2.43. The second-order valence-corrected chi connectivity index (χ2v) is 11.7. The lowest BCUT2D eigenvalue weighted by Gasteiger charge is -2.23. The minimum atomic E-state index is -1.46. The van der Waals surface area contributed by atoms with Crippen molar-refractivity contribution in [3.63, 3.8) is 0 Å². The van der Waals surface area contributed by atoms with Gasteiger partial charge in [-0.3, -0.25) is 4.79 Å². The van der Waals surface area contributed by atoms with Gasteiger partial charge in [-0.15, -0.1) is 0 Å². The third-order valence-corrected chi connectivity index (χ3v) is 6.28. The van der Waals surface area contributed by atoms with Crippen LogP contribution in [0.1, 0.15) is 51.9 Å². The summed E-state index contributed by atoms with van der Waals surface area (Å²) in [6.45, 7) is 9.20. The fourth-order valence-electron chi connectivity index (χ4n) is 3.46. The monoisotopic (exact) mass is 262 g/mol. The van der Waals surface area contributed by atoms with Gasteiger partial charge in [0.25, 0.3) is 0 Å². The molecule has 2 aliphatic carbocycles. The first-order chi connectivity index (χ1) is 8.45. The molecule has 100 valence electrons. The molecule has 0 heterocycles. The van der Waals surface area contributed by atoms with E-state index >= 15 is 0 Å². The van der Waals surface area contributed by atoms with Crippen LogP contribution >= 0.6 is 0 Å². The minimum absolute atomic E-state index is 0.454. The lowest BCUT2D eigenvalue weighted by molar-refractivity contribution is -0.114. The highest BCUT2D eigenvalue weighted by Gasteiger charge is 2.37. The van der Waals surface area contributed by atoms with Crippen molar-refractivity contribution in [1.29, 1.82) is 0 Å². The first-order valence-corrected chi connectivity index (χ1v) is 10.9. The number of Topliss-reactive ketones (excluding diaryl/α,β-unsaturated/α-hetero) is 1. The highest BCUT2D eigenvalue weighted by atomic mass is 28.3. The number of fused-ring (bicyclic) bond motifs is 1. The number of carbonyl (C=O) groups excluding carboxylic acids is 1. The van der Waals surface area contributed by atoms with Gasteiger partial charge in [0.15, 0.2) is 5.78 Å². The summed E-state index contributed by atoms with van der Waals surface area (Å²) in [4.78, 5) is 12.3. The Morgan fingerprint density at radius 2 is 1.83 bits per heavy atom. The number of rotatable bonds is 4. The lowest BCUT2D eigenvalue weighted by atomic mass is 9.86. The molecule has 0 saturated carbocycles. The molecule has 0 aromatic carbocycles. The average Bonchev–Trinajstić information content (AvgIpc) is 2.62. The van der Waals surface area contributed by atoms with Crippen molar-refractivity contribution in [2.24, 2.45) is 0 Å². The summed E-state index contributed by atoms with van der Waals surface area (Å²) >= 11 is 0. The number of allylic oxidation sites excluding steroid dienone is 4. The molecule has 0 aliphatic heterocycles. The zero-order chi connectivity index (χ0) is 13.3. The summed E-state index contributed by atoms with van der Waals surface area (Å²) in [6.07, 6.45) is 8.16. The van der Waals surface area contributed by atoms with Gasteiger partial charge in [0, 0.05) is 6.42 Å². The Kier molecular flexibility index (Phi) is 3.95. The number of unbranched alkanes of at least 4 members (excludes halogenated alkanes) is 1. The van der Waals surface area contributed by atoms with Crippen LogP contribution in [-0.4, -0.2) is 13.9 Å². The number of hydrogen-bond acceptors (Lipinski definition) is 1. The Bertz CT molecular complexity index is 421. The van der Waals surface area contributed by atoms with Gasteiger partial charge in [-0.25, -0.2) is 0 Å². The second kappa shape index (κ2) is 5.16. The standard InChI is InChI=1S/C16H26OSi/c1-5-6-8-12-9-7-10-13-14(12)11-15(17)16(13)18(2,3)4/h5-11H2,1-4H3. The van der Waals surface area contributed by atoms with Crippen molar-refractivity contribution in [2.45, 2.75) is 71.5 Å². The van der Waals surface area contributed by atoms with Gasteiger partial charge < -0.3 is 0 Å². The predicted octanol–water partition coefficient (Wildman–Crippen LogP) is 4.80. The molecule has 1 nitrogen and oxygen atoms in total. The molecule has 0 unspecified atom stereocenters. The van der Waals surface area contributed by atoms with Gasteiger partial charge in [-0.2, -0.15) is 0 Å². The van der Waals surface area contributed by atoms with Crippen LogP contribution in [0.5, 0.6) is 0 Å². The summed E-state index contributed by atoms with van der Waals surface area (Å²) in [5.74, 6) is 0.454. The first-order valence-electron chi connectivity index (χ1n) is 7.43. The Labute approximate surface area is 112 Å². The van der Waals surface area contributed by atoms with Crippen molar-refractivity contribution < 1.29 is 4.79 Å². The number of hydrogen-bond donors (Lipinski definition) is 0. The van der Waals surface area contributed by atoms with Crippen molar-refractivity contribution in [1.82, 2.24) is 0 Å². The van der Waals surface area contributed by atoms with Crippen LogP contribution < -0.4 is 0 Å². The Balaban J connectivity index is 2.40. The molecule has 2 heteroatoms.